The van der Waals surface area contributed by atoms with Crippen LogP contribution >= 0.6 is 0 Å². The van der Waals surface area contributed by atoms with E-state index in [1.54, 1.807) is 4.90 Å². The van der Waals surface area contributed by atoms with Crippen molar-refractivity contribution in [2.24, 2.45) is 0 Å². The standard InChI is InChI=1S/C14H29N3O2/c1-6-9-15-12(18)11-17(10-7-2)13(19)14(4,5)16-8-3/h16H,6-11H2,1-5H3,(H,15,18). The summed E-state index contributed by atoms with van der Waals surface area (Å²) >= 11 is 0. The third-order valence-corrected chi connectivity index (χ3v) is 2.84. The van der Waals surface area contributed by atoms with Gasteiger partial charge in [-0.1, -0.05) is 20.8 Å². The van der Waals surface area contributed by atoms with Gasteiger partial charge in [-0.2, -0.15) is 0 Å². The third-order valence-electron chi connectivity index (χ3n) is 2.84. The largest absolute Gasteiger partial charge is 0.355 e. The van der Waals surface area contributed by atoms with Crippen LogP contribution in [0.5, 0.6) is 0 Å². The Hall–Kier alpha value is -1.10. The van der Waals surface area contributed by atoms with Crippen molar-refractivity contribution in [3.63, 3.8) is 0 Å². The molecular weight excluding hydrogens is 242 g/mol. The molecule has 5 heteroatoms. The van der Waals surface area contributed by atoms with E-state index in [9.17, 15) is 9.59 Å². The maximum Gasteiger partial charge on any atom is 0.242 e. The zero-order valence-corrected chi connectivity index (χ0v) is 13.0. The van der Waals surface area contributed by atoms with Crippen LogP contribution in [-0.4, -0.2) is 48.4 Å². The van der Waals surface area contributed by atoms with Crippen molar-refractivity contribution in [1.29, 1.82) is 0 Å². The topological polar surface area (TPSA) is 61.4 Å². The molecular formula is C14H29N3O2. The molecule has 0 spiro atoms. The highest BCUT2D eigenvalue weighted by molar-refractivity contribution is 5.89. The molecule has 0 saturated heterocycles. The lowest BCUT2D eigenvalue weighted by molar-refractivity contribution is -0.140. The molecule has 0 aliphatic rings. The summed E-state index contributed by atoms with van der Waals surface area (Å²) in [5, 5.41) is 5.96. The highest BCUT2D eigenvalue weighted by Crippen LogP contribution is 2.08. The lowest BCUT2D eigenvalue weighted by Crippen LogP contribution is -2.56. The molecule has 19 heavy (non-hydrogen) atoms. The predicted octanol–water partition coefficient (Wildman–Crippen LogP) is 1.14. The van der Waals surface area contributed by atoms with Crippen molar-refractivity contribution in [3.05, 3.63) is 0 Å². The Balaban J connectivity index is 4.62. The second-order valence-electron chi connectivity index (χ2n) is 5.23. The van der Waals surface area contributed by atoms with Crippen LogP contribution in [0.25, 0.3) is 0 Å². The first kappa shape index (κ1) is 17.9. The van der Waals surface area contributed by atoms with Crippen LogP contribution in [0.15, 0.2) is 0 Å². The van der Waals surface area contributed by atoms with E-state index in [0.29, 0.717) is 13.1 Å². The van der Waals surface area contributed by atoms with Gasteiger partial charge in [0.1, 0.15) is 0 Å². The fraction of sp³-hybridized carbons (Fsp3) is 0.857. The molecule has 112 valence electrons. The Morgan fingerprint density at radius 1 is 1.11 bits per heavy atom. The minimum Gasteiger partial charge on any atom is -0.355 e. The van der Waals surface area contributed by atoms with Crippen LogP contribution in [0.2, 0.25) is 0 Å². The molecule has 0 rings (SSSR count). The fourth-order valence-corrected chi connectivity index (χ4v) is 1.93. The number of hydrogen-bond acceptors (Lipinski definition) is 3. The van der Waals surface area contributed by atoms with Gasteiger partial charge in [0.25, 0.3) is 0 Å². The number of hydrogen-bond donors (Lipinski definition) is 2. The van der Waals surface area contributed by atoms with Crippen molar-refractivity contribution >= 4 is 11.8 Å². The minimum atomic E-state index is -0.630. The van der Waals surface area contributed by atoms with Crippen molar-refractivity contribution in [2.45, 2.75) is 53.0 Å². The van der Waals surface area contributed by atoms with Crippen LogP contribution < -0.4 is 10.6 Å². The molecule has 0 aliphatic heterocycles. The van der Waals surface area contributed by atoms with E-state index in [1.807, 2.05) is 34.6 Å². The summed E-state index contributed by atoms with van der Waals surface area (Å²) in [6.07, 6.45) is 1.74. The lowest BCUT2D eigenvalue weighted by Gasteiger charge is -2.32. The van der Waals surface area contributed by atoms with Crippen LogP contribution in [0.4, 0.5) is 0 Å². The van der Waals surface area contributed by atoms with Crippen molar-refractivity contribution in [2.75, 3.05) is 26.2 Å². The molecule has 0 heterocycles. The molecule has 0 aromatic heterocycles. The van der Waals surface area contributed by atoms with E-state index >= 15 is 0 Å². The average molecular weight is 271 g/mol. The molecule has 0 unspecified atom stereocenters. The quantitative estimate of drug-likeness (QED) is 0.661. The smallest absolute Gasteiger partial charge is 0.242 e. The molecule has 0 bridgehead atoms. The maximum absolute atomic E-state index is 12.4. The number of nitrogens with one attached hydrogen (secondary N) is 2. The first-order valence-electron chi connectivity index (χ1n) is 7.20. The number of carbonyl (C=O) groups is 2. The second kappa shape index (κ2) is 8.91. The van der Waals surface area contributed by atoms with Gasteiger partial charge in [0.2, 0.25) is 11.8 Å². The number of amides is 2. The van der Waals surface area contributed by atoms with Crippen molar-refractivity contribution < 1.29 is 9.59 Å². The highest BCUT2D eigenvalue weighted by Gasteiger charge is 2.31. The minimum absolute atomic E-state index is 0.0251. The van der Waals surface area contributed by atoms with Crippen LogP contribution in [0, 0.1) is 0 Å². The Morgan fingerprint density at radius 2 is 1.74 bits per heavy atom. The van der Waals surface area contributed by atoms with E-state index < -0.39 is 5.54 Å². The van der Waals surface area contributed by atoms with Gasteiger partial charge in [-0.15, -0.1) is 0 Å². The molecule has 2 N–H and O–H groups in total. The number of likely N-dealkylation sites (N-methyl/N-ethyl adjacent to an activating group) is 1. The summed E-state index contributed by atoms with van der Waals surface area (Å²) in [4.78, 5) is 25.8. The first-order chi connectivity index (χ1) is 8.88. The summed E-state index contributed by atoms with van der Waals surface area (Å²) in [7, 11) is 0. The van der Waals surface area contributed by atoms with Gasteiger partial charge in [0, 0.05) is 13.1 Å². The average Bonchev–Trinajstić information content (AvgIpc) is 2.34. The normalized spacial score (nSPS) is 11.2. The van der Waals surface area contributed by atoms with Gasteiger partial charge < -0.3 is 15.5 Å². The zero-order chi connectivity index (χ0) is 14.9. The first-order valence-corrected chi connectivity index (χ1v) is 7.20. The summed E-state index contributed by atoms with van der Waals surface area (Å²) in [6, 6.07) is 0. The number of rotatable bonds is 9. The number of nitrogens with zero attached hydrogens (tertiary/aromatic N) is 1. The summed E-state index contributed by atoms with van der Waals surface area (Å²) < 4.78 is 0. The molecule has 0 aliphatic carbocycles. The molecule has 5 nitrogen and oxygen atoms in total. The SMILES string of the molecule is CCCNC(=O)CN(CCC)C(=O)C(C)(C)NCC. The van der Waals surface area contributed by atoms with E-state index in [0.717, 1.165) is 19.4 Å². The van der Waals surface area contributed by atoms with Gasteiger partial charge in [-0.3, -0.25) is 9.59 Å². The van der Waals surface area contributed by atoms with Gasteiger partial charge in [-0.25, -0.2) is 0 Å². The van der Waals surface area contributed by atoms with E-state index in [-0.39, 0.29) is 18.4 Å². The molecule has 2 amide bonds. The van der Waals surface area contributed by atoms with Gasteiger partial charge >= 0.3 is 0 Å². The van der Waals surface area contributed by atoms with E-state index in [4.69, 9.17) is 0 Å². The Morgan fingerprint density at radius 3 is 2.21 bits per heavy atom. The molecule has 0 aromatic carbocycles. The Labute approximate surface area is 117 Å². The van der Waals surface area contributed by atoms with Gasteiger partial charge in [0.15, 0.2) is 0 Å². The molecule has 0 aromatic rings. The fourth-order valence-electron chi connectivity index (χ4n) is 1.93. The zero-order valence-electron chi connectivity index (χ0n) is 13.0. The highest BCUT2D eigenvalue weighted by atomic mass is 16.2. The molecule has 0 saturated carbocycles. The van der Waals surface area contributed by atoms with Crippen LogP contribution in [-0.2, 0) is 9.59 Å². The Bertz CT molecular complexity index is 290. The van der Waals surface area contributed by atoms with Crippen LogP contribution in [0.3, 0.4) is 0 Å². The molecule has 0 fully saturated rings. The molecule has 0 radical (unpaired) electrons. The summed E-state index contributed by atoms with van der Waals surface area (Å²) in [6.45, 7) is 11.8. The summed E-state index contributed by atoms with van der Waals surface area (Å²) in [5.74, 6) is -0.112. The lowest BCUT2D eigenvalue weighted by atomic mass is 10.0. The molecule has 0 atom stereocenters. The Kier molecular flexibility index (Phi) is 8.39. The second-order valence-corrected chi connectivity index (χ2v) is 5.23. The summed E-state index contributed by atoms with van der Waals surface area (Å²) in [5.41, 5.74) is -0.630. The monoisotopic (exact) mass is 271 g/mol. The third kappa shape index (κ3) is 6.57. The van der Waals surface area contributed by atoms with Crippen molar-refractivity contribution in [3.8, 4) is 0 Å². The van der Waals surface area contributed by atoms with Gasteiger partial charge in [0.05, 0.1) is 12.1 Å². The predicted molar refractivity (Wildman–Crippen MR) is 77.9 cm³/mol. The maximum atomic E-state index is 12.4. The van der Waals surface area contributed by atoms with E-state index in [1.165, 1.54) is 0 Å². The van der Waals surface area contributed by atoms with Crippen molar-refractivity contribution in [1.82, 2.24) is 15.5 Å². The van der Waals surface area contributed by atoms with Gasteiger partial charge in [-0.05, 0) is 33.2 Å². The van der Waals surface area contributed by atoms with Crippen LogP contribution in [0.1, 0.15) is 47.5 Å². The number of carbonyl (C=O) groups excluding carboxylic acids is 2. The van der Waals surface area contributed by atoms with E-state index in [2.05, 4.69) is 10.6 Å².